The summed E-state index contributed by atoms with van der Waals surface area (Å²) < 4.78 is 62.5. The number of imidazole rings is 1. The smallest absolute Gasteiger partial charge is 0.386 e. The van der Waals surface area contributed by atoms with Crippen molar-refractivity contribution in [2.24, 2.45) is 5.41 Å². The highest BCUT2D eigenvalue weighted by Gasteiger charge is 2.50. The molecule has 2 unspecified atom stereocenters. The molecule has 3 rings (SSSR count). The molecule has 2 aromatic rings. The molecule has 0 aromatic carbocycles. The summed E-state index contributed by atoms with van der Waals surface area (Å²) in [6, 6.07) is 0. The van der Waals surface area contributed by atoms with Crippen molar-refractivity contribution in [3.63, 3.8) is 0 Å². The first-order valence-electron chi connectivity index (χ1n) is 22.9. The Kier molecular flexibility index (Phi) is 27.0. The number of hydrogen-bond acceptors (Lipinski definition) is 18. The monoisotopic (exact) mass is 1080 g/mol. The van der Waals surface area contributed by atoms with E-state index in [0.717, 1.165) is 93.2 Å². The molecule has 10 N–H and O–H groups in total. The van der Waals surface area contributed by atoms with E-state index in [4.69, 9.17) is 19.5 Å². The molecule has 2 aromatic heterocycles. The number of aliphatic hydroxyl groups is 2. The molecule has 0 aliphatic carbocycles. The van der Waals surface area contributed by atoms with Gasteiger partial charge in [0, 0.05) is 30.7 Å². The second kappa shape index (κ2) is 31.1. The van der Waals surface area contributed by atoms with Crippen LogP contribution in [0, 0.1) is 5.41 Å². The maximum Gasteiger partial charge on any atom is 0.481 e. The molecule has 1 aliphatic heterocycles. The number of nitrogens with one attached hydrogen (secondary N) is 2. The molecule has 1 aliphatic rings. The summed E-state index contributed by atoms with van der Waals surface area (Å²) in [4.78, 5) is 88.4. The zero-order valence-electron chi connectivity index (χ0n) is 39.9. The number of fused-ring (bicyclic) bond motifs is 1. The highest BCUT2D eigenvalue weighted by Crippen LogP contribution is 2.61. The van der Waals surface area contributed by atoms with Crippen LogP contribution >= 0.6 is 35.2 Å². The number of hydrogen-bond donors (Lipinski definition) is 9. The van der Waals surface area contributed by atoms with Gasteiger partial charge in [0.25, 0.3) is 0 Å². The number of nitrogens with two attached hydrogens (primary N) is 1. The minimum atomic E-state index is -5.58. The van der Waals surface area contributed by atoms with E-state index in [-0.39, 0.29) is 41.6 Å². The number of aromatic nitrogens is 4. The predicted octanol–water partition coefficient (Wildman–Crippen LogP) is 5.37. The van der Waals surface area contributed by atoms with Crippen LogP contribution < -0.4 is 16.4 Å². The number of anilines is 1. The molecule has 1 fully saturated rings. The van der Waals surface area contributed by atoms with Gasteiger partial charge >= 0.3 is 23.5 Å². The van der Waals surface area contributed by atoms with E-state index in [1.54, 1.807) is 0 Å². The maximum absolute atomic E-state index is 12.8. The summed E-state index contributed by atoms with van der Waals surface area (Å²) in [6.07, 6.45) is 24.0. The molecule has 0 radical (unpaired) electrons. The Labute approximate surface area is 417 Å². The first kappa shape index (κ1) is 61.6. The average molecular weight is 1080 g/mol. The van der Waals surface area contributed by atoms with Crippen molar-refractivity contribution >= 4 is 69.1 Å². The number of rotatable bonds is 34. The van der Waals surface area contributed by atoms with Crippen LogP contribution in [0.1, 0.15) is 97.6 Å². The summed E-state index contributed by atoms with van der Waals surface area (Å²) in [7, 11) is -16.4. The molecule has 28 heteroatoms. The van der Waals surface area contributed by atoms with Gasteiger partial charge in [-0.1, -0.05) is 100 Å². The predicted molar refractivity (Wildman–Crippen MR) is 265 cm³/mol. The number of aliphatic hydroxyl groups excluding tert-OH is 2. The minimum absolute atomic E-state index is 0.0300. The Bertz CT molecular complexity index is 2310. The van der Waals surface area contributed by atoms with Crippen molar-refractivity contribution in [2.75, 3.05) is 37.8 Å². The Morgan fingerprint density at radius 2 is 1.49 bits per heavy atom. The molecule has 7 atom stereocenters. The number of unbranched alkanes of at least 4 members (excludes halogenated alkanes) is 5. The number of allylic oxidation sites excluding steroid dienone is 9. The quantitative estimate of drug-likeness (QED) is 0.0184. The Morgan fingerprint density at radius 3 is 2.14 bits per heavy atom. The van der Waals surface area contributed by atoms with E-state index in [1.165, 1.54) is 19.9 Å². The van der Waals surface area contributed by atoms with Crippen LogP contribution in [0.4, 0.5) is 5.82 Å². The summed E-state index contributed by atoms with van der Waals surface area (Å²) in [5, 5.41) is 26.4. The minimum Gasteiger partial charge on any atom is -0.386 e. The van der Waals surface area contributed by atoms with Gasteiger partial charge in [0.2, 0.25) is 16.9 Å². The van der Waals surface area contributed by atoms with Crippen molar-refractivity contribution in [3.8, 4) is 0 Å². The first-order chi connectivity index (χ1) is 33.6. The fraction of sp³-hybridized carbons (Fsp3) is 0.581. The zero-order valence-corrected chi connectivity index (χ0v) is 43.4. The summed E-state index contributed by atoms with van der Waals surface area (Å²) in [5.41, 5.74) is 4.27. The molecule has 0 spiro atoms. The molecule has 0 bridgehead atoms. The fourth-order valence-corrected chi connectivity index (χ4v) is 9.91. The summed E-state index contributed by atoms with van der Waals surface area (Å²) in [5.74, 6) is -1.13. The second-order valence-electron chi connectivity index (χ2n) is 16.6. The normalized spacial score (nSPS) is 20.2. The van der Waals surface area contributed by atoms with Crippen LogP contribution in [0.25, 0.3) is 11.2 Å². The van der Waals surface area contributed by atoms with Crippen LogP contribution in [0.5, 0.6) is 0 Å². The lowest BCUT2D eigenvalue weighted by molar-refractivity contribution is -0.137. The molecule has 398 valence electrons. The number of carbonyl (C=O) groups is 3. The number of phosphoric ester groups is 3. The van der Waals surface area contributed by atoms with Gasteiger partial charge in [0.1, 0.15) is 36.3 Å². The Balaban J connectivity index is 1.28. The fourth-order valence-electron chi connectivity index (χ4n) is 6.48. The lowest BCUT2D eigenvalue weighted by Crippen LogP contribution is -2.46. The molecular formula is C43H68N7O17P3S. The van der Waals surface area contributed by atoms with Crippen LogP contribution in [0.3, 0.4) is 0 Å². The van der Waals surface area contributed by atoms with Gasteiger partial charge in [0.05, 0.1) is 19.5 Å². The van der Waals surface area contributed by atoms with E-state index in [0.29, 0.717) is 5.75 Å². The lowest BCUT2D eigenvalue weighted by atomic mass is 9.87. The van der Waals surface area contributed by atoms with Crippen molar-refractivity contribution in [2.45, 2.75) is 122 Å². The molecule has 3 heterocycles. The number of nitrogens with zero attached hydrogens (tertiary/aromatic N) is 4. The molecule has 24 nitrogen and oxygen atoms in total. The third kappa shape index (κ3) is 23.8. The highest BCUT2D eigenvalue weighted by atomic mass is 32.2. The largest absolute Gasteiger partial charge is 0.481 e. The van der Waals surface area contributed by atoms with E-state index < -0.39 is 84.6 Å². The first-order valence-corrected chi connectivity index (χ1v) is 28.4. The third-order valence-electron chi connectivity index (χ3n) is 10.2. The topological polar surface area (TPSA) is 364 Å². The van der Waals surface area contributed by atoms with E-state index >= 15 is 0 Å². The molecule has 1 saturated heterocycles. The Morgan fingerprint density at radius 1 is 0.873 bits per heavy atom. The SMILES string of the molecule is CC/C=C\C/C=C\C/C=C\C/C=C\CCCCCC/C=C/C(=O)SCCNC(=O)CCNC(=O)[C@H](O)C(C)(C)COP(=O)(O)OP(=O)(O)OC[C@@H]1O[C@H](n2cnc3c(N)ncnc32)[C@H](O)[C@@H]1OP(=O)(O)O. The van der Waals surface area contributed by atoms with Crippen LogP contribution in [-0.2, 0) is 50.7 Å². The van der Waals surface area contributed by atoms with Gasteiger partial charge < -0.3 is 50.9 Å². The lowest BCUT2D eigenvalue weighted by Gasteiger charge is -2.30. The second-order valence-corrected chi connectivity index (χ2v) is 22.0. The Hall–Kier alpha value is -3.74. The van der Waals surface area contributed by atoms with Gasteiger partial charge in [0.15, 0.2) is 17.7 Å². The molecule has 0 saturated carbocycles. The van der Waals surface area contributed by atoms with Crippen molar-refractivity contribution in [3.05, 3.63) is 73.4 Å². The van der Waals surface area contributed by atoms with E-state index in [1.807, 2.05) is 6.08 Å². The number of amides is 2. The van der Waals surface area contributed by atoms with Crippen molar-refractivity contribution in [1.82, 2.24) is 30.2 Å². The van der Waals surface area contributed by atoms with Crippen molar-refractivity contribution in [1.29, 1.82) is 0 Å². The number of ether oxygens (including phenoxy) is 1. The van der Waals surface area contributed by atoms with E-state index in [2.05, 4.69) is 90.0 Å². The number of nitrogen functional groups attached to an aromatic ring is 1. The zero-order chi connectivity index (χ0) is 52.5. The third-order valence-corrected chi connectivity index (χ3v) is 14.1. The van der Waals surface area contributed by atoms with Gasteiger partial charge in [-0.25, -0.2) is 28.6 Å². The van der Waals surface area contributed by atoms with Crippen LogP contribution in [0.2, 0.25) is 0 Å². The summed E-state index contributed by atoms with van der Waals surface area (Å²) >= 11 is 1.06. The standard InChI is InChI=1S/C43H68N7O17P3S/c1-4-5-6-7-8-9-10-11-12-13-14-15-16-17-18-19-20-21-22-23-34(52)71-27-26-45-33(51)24-25-46-41(55)38(54)43(2,3)29-64-70(61,62)67-69(59,60)63-28-32-37(66-68(56,57)58)36(53)42(65-32)50-31-49-35-39(44)47-30-48-40(35)50/h5-6,8-9,11-12,14-15,22-23,30-32,36-38,42,53-54H,4,7,10,13,16-21,24-29H2,1-3H3,(H,45,51)(H,46,55)(H,59,60)(H,61,62)(H2,44,47,48)(H2,56,57,58)/b6-5-,9-8-,12-11-,15-14-,23-22+/t32-,36+,37+,38-,42-/m0/s1. The van der Waals surface area contributed by atoms with Gasteiger partial charge in [-0.05, 0) is 57.4 Å². The van der Waals surface area contributed by atoms with Crippen LogP contribution in [0.15, 0.2) is 73.4 Å². The van der Waals surface area contributed by atoms with Gasteiger partial charge in [-0.15, -0.1) is 0 Å². The maximum atomic E-state index is 12.8. The van der Waals surface area contributed by atoms with Gasteiger partial charge in [-0.2, -0.15) is 4.31 Å². The average Bonchev–Trinajstić information content (AvgIpc) is 3.86. The van der Waals surface area contributed by atoms with Crippen molar-refractivity contribution < 1.29 is 80.5 Å². The van der Waals surface area contributed by atoms with E-state index in [9.17, 15) is 57.9 Å². The number of thioether (sulfide) groups is 1. The molecule has 2 amide bonds. The number of phosphoric acid groups is 3. The molecular weight excluding hydrogens is 1010 g/mol. The summed E-state index contributed by atoms with van der Waals surface area (Å²) in [6.45, 7) is 2.61. The van der Waals surface area contributed by atoms with Gasteiger partial charge in [-0.3, -0.25) is 32.5 Å². The molecule has 71 heavy (non-hydrogen) atoms. The highest BCUT2D eigenvalue weighted by molar-refractivity contribution is 8.14. The number of carbonyl (C=O) groups excluding carboxylic acids is 3. The van der Waals surface area contributed by atoms with Crippen LogP contribution in [-0.4, -0.2) is 123 Å².